The molecular weight excluding hydrogens is 343 g/mol. The van der Waals surface area contributed by atoms with Crippen molar-refractivity contribution in [2.45, 2.75) is 33.2 Å². The van der Waals surface area contributed by atoms with Gasteiger partial charge in [-0.1, -0.05) is 32.4 Å². The Kier molecular flexibility index (Phi) is 4.98. The van der Waals surface area contributed by atoms with E-state index < -0.39 is 0 Å². The summed E-state index contributed by atoms with van der Waals surface area (Å²) in [6, 6.07) is 3.23. The van der Waals surface area contributed by atoms with Crippen molar-refractivity contribution in [3.63, 3.8) is 0 Å². The molecule has 1 aromatic rings. The molecule has 0 amide bonds. The van der Waals surface area contributed by atoms with Crippen LogP contribution in [-0.2, 0) is 0 Å². The van der Waals surface area contributed by atoms with Crippen LogP contribution < -0.4 is 10.2 Å². The van der Waals surface area contributed by atoms with Crippen LogP contribution in [0.3, 0.4) is 0 Å². The Balaban J connectivity index is 2.31. The minimum Gasteiger partial charge on any atom is -0.368 e. The van der Waals surface area contributed by atoms with Crippen molar-refractivity contribution in [1.29, 1.82) is 0 Å². The van der Waals surface area contributed by atoms with Gasteiger partial charge in [-0.05, 0) is 46.4 Å². The molecular formula is C15H21BrClFN2. The molecule has 1 aliphatic heterocycles. The van der Waals surface area contributed by atoms with E-state index in [9.17, 15) is 4.39 Å². The van der Waals surface area contributed by atoms with Crippen LogP contribution in [0.25, 0.3) is 0 Å². The Morgan fingerprint density at radius 1 is 1.40 bits per heavy atom. The molecule has 0 spiro atoms. The number of hydrogen-bond acceptors (Lipinski definition) is 2. The zero-order valence-corrected chi connectivity index (χ0v) is 14.5. The van der Waals surface area contributed by atoms with Crippen molar-refractivity contribution >= 4 is 33.2 Å². The molecule has 2 nitrogen and oxygen atoms in total. The molecule has 1 atom stereocenters. The lowest BCUT2D eigenvalue weighted by Gasteiger charge is -2.35. The number of halogens is 3. The molecule has 0 aliphatic carbocycles. The third-order valence-electron chi connectivity index (χ3n) is 3.74. The van der Waals surface area contributed by atoms with Crippen molar-refractivity contribution in [3.8, 4) is 0 Å². The molecule has 1 N–H and O–H groups in total. The fourth-order valence-electron chi connectivity index (χ4n) is 2.54. The molecule has 0 radical (unpaired) electrons. The molecule has 1 saturated heterocycles. The Bertz CT molecular complexity index is 464. The first-order valence-electron chi connectivity index (χ1n) is 6.92. The average molecular weight is 364 g/mol. The van der Waals surface area contributed by atoms with Crippen LogP contribution in [0.15, 0.2) is 16.6 Å². The summed E-state index contributed by atoms with van der Waals surface area (Å²) in [4.78, 5) is 2.25. The van der Waals surface area contributed by atoms with Crippen molar-refractivity contribution in [1.82, 2.24) is 5.32 Å². The van der Waals surface area contributed by atoms with Crippen LogP contribution in [-0.4, -0.2) is 25.7 Å². The first kappa shape index (κ1) is 16.1. The summed E-state index contributed by atoms with van der Waals surface area (Å²) in [5.41, 5.74) is 1.06. The van der Waals surface area contributed by atoms with Crippen molar-refractivity contribution in [2.75, 3.05) is 24.5 Å². The van der Waals surface area contributed by atoms with E-state index in [-0.39, 0.29) is 11.2 Å². The predicted octanol–water partition coefficient (Wildman–Crippen LogP) is 4.46. The highest BCUT2D eigenvalue weighted by atomic mass is 79.9. The van der Waals surface area contributed by atoms with Crippen molar-refractivity contribution in [3.05, 3.63) is 27.4 Å². The lowest BCUT2D eigenvalue weighted by molar-refractivity contribution is 0.280. The molecule has 1 unspecified atom stereocenters. The third-order valence-corrected chi connectivity index (χ3v) is 4.63. The van der Waals surface area contributed by atoms with E-state index in [2.05, 4.69) is 46.9 Å². The maximum Gasteiger partial charge on any atom is 0.125 e. The van der Waals surface area contributed by atoms with E-state index >= 15 is 0 Å². The van der Waals surface area contributed by atoms with E-state index in [0.29, 0.717) is 11.1 Å². The Morgan fingerprint density at radius 3 is 2.70 bits per heavy atom. The van der Waals surface area contributed by atoms with Crippen LogP contribution >= 0.6 is 27.5 Å². The average Bonchev–Trinajstić information content (AvgIpc) is 2.52. The van der Waals surface area contributed by atoms with E-state index in [0.717, 1.165) is 36.2 Å². The molecule has 0 aromatic heterocycles. The molecule has 1 heterocycles. The highest BCUT2D eigenvalue weighted by molar-refractivity contribution is 9.10. The van der Waals surface area contributed by atoms with Gasteiger partial charge >= 0.3 is 0 Å². The normalized spacial score (nSPS) is 20.9. The number of hydrogen-bond donors (Lipinski definition) is 1. The van der Waals surface area contributed by atoms with E-state index in [1.165, 1.54) is 12.1 Å². The van der Waals surface area contributed by atoms with Crippen LogP contribution in [0.2, 0.25) is 5.02 Å². The quantitative estimate of drug-likeness (QED) is 0.792. The summed E-state index contributed by atoms with van der Waals surface area (Å²) in [5.74, 6) is -0.314. The van der Waals surface area contributed by atoms with Crippen LogP contribution in [0.4, 0.5) is 10.1 Å². The molecule has 1 aromatic carbocycles. The number of nitrogens with zero attached hydrogens (tertiary/aromatic N) is 1. The number of benzene rings is 1. The second-order valence-electron chi connectivity index (χ2n) is 6.39. The van der Waals surface area contributed by atoms with Gasteiger partial charge in [0.15, 0.2) is 0 Å². The zero-order valence-electron chi connectivity index (χ0n) is 12.1. The van der Waals surface area contributed by atoms with Gasteiger partial charge in [-0.15, -0.1) is 0 Å². The predicted molar refractivity (Wildman–Crippen MR) is 87.2 cm³/mol. The lowest BCUT2D eigenvalue weighted by atomic mass is 9.86. The van der Waals surface area contributed by atoms with Gasteiger partial charge in [0.2, 0.25) is 0 Å². The van der Waals surface area contributed by atoms with Gasteiger partial charge in [0.1, 0.15) is 5.82 Å². The highest BCUT2D eigenvalue weighted by Crippen LogP contribution is 2.36. The maximum absolute atomic E-state index is 13.4. The molecule has 5 heteroatoms. The second kappa shape index (κ2) is 6.20. The SMILES string of the molecule is CC(C)(C)C1CN(c2c(Cl)cc(F)cc2Br)CCCN1. The zero-order chi connectivity index (χ0) is 14.9. The lowest BCUT2D eigenvalue weighted by Crippen LogP contribution is -2.46. The fourth-order valence-corrected chi connectivity index (χ4v) is 3.66. The van der Waals surface area contributed by atoms with Crippen LogP contribution in [0.1, 0.15) is 27.2 Å². The van der Waals surface area contributed by atoms with Gasteiger partial charge in [-0.3, -0.25) is 0 Å². The molecule has 20 heavy (non-hydrogen) atoms. The summed E-state index contributed by atoms with van der Waals surface area (Å²) in [7, 11) is 0. The smallest absolute Gasteiger partial charge is 0.125 e. The Hall–Kier alpha value is -0.320. The number of rotatable bonds is 1. The standard InChI is InChI=1S/C15H21BrClFN2/c1-15(2,3)13-9-20(6-4-5-19-13)14-11(16)7-10(18)8-12(14)17/h7-8,13,19H,4-6,9H2,1-3H3. The molecule has 0 saturated carbocycles. The first-order chi connectivity index (χ1) is 9.29. The summed E-state index contributed by atoms with van der Waals surface area (Å²) in [5, 5.41) is 4.06. The van der Waals surface area contributed by atoms with Gasteiger partial charge in [0.25, 0.3) is 0 Å². The molecule has 2 rings (SSSR count). The van der Waals surface area contributed by atoms with Gasteiger partial charge < -0.3 is 10.2 Å². The Labute approximate surface area is 133 Å². The molecule has 112 valence electrons. The van der Waals surface area contributed by atoms with Gasteiger partial charge in [0.05, 0.1) is 10.7 Å². The summed E-state index contributed by atoms with van der Waals surface area (Å²) >= 11 is 9.69. The summed E-state index contributed by atoms with van der Waals surface area (Å²) in [6.07, 6.45) is 1.05. The Morgan fingerprint density at radius 2 is 2.10 bits per heavy atom. The summed E-state index contributed by atoms with van der Waals surface area (Å²) < 4.78 is 14.1. The molecule has 1 fully saturated rings. The minimum atomic E-state index is -0.314. The van der Waals surface area contributed by atoms with Crippen LogP contribution in [0.5, 0.6) is 0 Å². The molecule has 1 aliphatic rings. The number of anilines is 1. The van der Waals surface area contributed by atoms with Crippen LogP contribution in [0, 0.1) is 11.2 Å². The number of nitrogens with one attached hydrogen (secondary N) is 1. The van der Waals surface area contributed by atoms with Gasteiger partial charge in [-0.25, -0.2) is 4.39 Å². The molecule has 0 bridgehead atoms. The van der Waals surface area contributed by atoms with Gasteiger partial charge in [-0.2, -0.15) is 0 Å². The maximum atomic E-state index is 13.4. The van der Waals surface area contributed by atoms with Crippen molar-refractivity contribution < 1.29 is 4.39 Å². The van der Waals surface area contributed by atoms with E-state index in [1.54, 1.807) is 0 Å². The topological polar surface area (TPSA) is 15.3 Å². The third kappa shape index (κ3) is 3.66. The summed E-state index contributed by atoms with van der Waals surface area (Å²) in [6.45, 7) is 9.48. The monoisotopic (exact) mass is 362 g/mol. The van der Waals surface area contributed by atoms with E-state index in [4.69, 9.17) is 11.6 Å². The van der Waals surface area contributed by atoms with Crippen molar-refractivity contribution in [2.24, 2.45) is 5.41 Å². The van der Waals surface area contributed by atoms with E-state index in [1.807, 2.05) is 0 Å². The van der Waals surface area contributed by atoms with Gasteiger partial charge in [0, 0.05) is 23.6 Å². The highest BCUT2D eigenvalue weighted by Gasteiger charge is 2.29. The largest absolute Gasteiger partial charge is 0.368 e. The minimum absolute atomic E-state index is 0.168. The first-order valence-corrected chi connectivity index (χ1v) is 8.09. The fraction of sp³-hybridized carbons (Fsp3) is 0.600. The second-order valence-corrected chi connectivity index (χ2v) is 7.65.